The van der Waals surface area contributed by atoms with Crippen LogP contribution in [0.25, 0.3) is 0 Å². The first kappa shape index (κ1) is 17.9. The fourth-order valence-electron chi connectivity index (χ4n) is 4.38. The lowest BCUT2D eigenvalue weighted by Crippen LogP contribution is -2.63. The zero-order valence-corrected chi connectivity index (χ0v) is 15.7. The van der Waals surface area contributed by atoms with E-state index in [1.807, 2.05) is 12.4 Å². The maximum absolute atomic E-state index is 12.8. The number of aromatic nitrogens is 1. The number of piperidine rings is 1. The van der Waals surface area contributed by atoms with Gasteiger partial charge >= 0.3 is 0 Å². The Labute approximate surface area is 156 Å². The van der Waals surface area contributed by atoms with Crippen LogP contribution in [0.5, 0.6) is 0 Å². The summed E-state index contributed by atoms with van der Waals surface area (Å²) in [7, 11) is 2.18. The summed E-state index contributed by atoms with van der Waals surface area (Å²) in [5.41, 5.74) is 1.30. The lowest BCUT2D eigenvalue weighted by Gasteiger charge is -2.47. The molecule has 142 valence electrons. The lowest BCUT2D eigenvalue weighted by molar-refractivity contribution is -0.145. The van der Waals surface area contributed by atoms with E-state index < -0.39 is 0 Å². The van der Waals surface area contributed by atoms with Crippen molar-refractivity contribution < 1.29 is 9.53 Å². The van der Waals surface area contributed by atoms with Crippen LogP contribution < -0.4 is 0 Å². The highest BCUT2D eigenvalue weighted by molar-refractivity contribution is 5.80. The Balaban J connectivity index is 1.20. The number of carbonyl (C=O) groups excluding carboxylic acids is 1. The second-order valence-electron chi connectivity index (χ2n) is 7.99. The van der Waals surface area contributed by atoms with Gasteiger partial charge in [0.2, 0.25) is 5.91 Å². The third-order valence-electron chi connectivity index (χ3n) is 6.32. The molecule has 0 bridgehead atoms. The summed E-state index contributed by atoms with van der Waals surface area (Å²) in [6, 6.07) is 5.19. The largest absolute Gasteiger partial charge is 0.380 e. The Morgan fingerprint density at radius 1 is 1.19 bits per heavy atom. The standard InChI is InChI=1S/C20H30N4O2/c1-22(18-6-11-26-15-18)19-13-24(14-19)20(25)17-4-9-23(10-5-17)12-16-2-7-21-8-3-16/h2-3,7-8,17-19H,4-6,9-15H2,1H3/t18-/m0/s1. The number of ether oxygens (including phenoxy) is 1. The van der Waals surface area contributed by atoms with Crippen LogP contribution in [-0.2, 0) is 16.1 Å². The minimum Gasteiger partial charge on any atom is -0.380 e. The normalized spacial score (nSPS) is 25.6. The van der Waals surface area contributed by atoms with E-state index in [1.54, 1.807) is 0 Å². The monoisotopic (exact) mass is 358 g/mol. The number of rotatable bonds is 5. The SMILES string of the molecule is CN(C1CN(C(=O)C2CCN(Cc3ccncc3)CC2)C1)[C@H]1CCOC1. The summed E-state index contributed by atoms with van der Waals surface area (Å²) in [4.78, 5) is 23.8. The van der Waals surface area contributed by atoms with Gasteiger partial charge in [-0.25, -0.2) is 0 Å². The second-order valence-corrected chi connectivity index (χ2v) is 7.99. The number of amides is 1. The van der Waals surface area contributed by atoms with Crippen molar-refractivity contribution in [1.29, 1.82) is 0 Å². The van der Waals surface area contributed by atoms with Gasteiger partial charge < -0.3 is 9.64 Å². The fraction of sp³-hybridized carbons (Fsp3) is 0.700. The van der Waals surface area contributed by atoms with Crippen LogP contribution >= 0.6 is 0 Å². The molecular weight excluding hydrogens is 328 g/mol. The lowest BCUT2D eigenvalue weighted by atomic mass is 9.92. The van der Waals surface area contributed by atoms with Crippen molar-refractivity contribution in [2.24, 2.45) is 5.92 Å². The molecule has 0 N–H and O–H groups in total. The number of hydrogen-bond donors (Lipinski definition) is 0. The van der Waals surface area contributed by atoms with Gasteiger partial charge in [-0.3, -0.25) is 19.6 Å². The third kappa shape index (κ3) is 3.92. The summed E-state index contributed by atoms with van der Waals surface area (Å²) < 4.78 is 5.49. The summed E-state index contributed by atoms with van der Waals surface area (Å²) in [5.74, 6) is 0.589. The molecule has 1 aromatic heterocycles. The van der Waals surface area contributed by atoms with Gasteiger partial charge in [0.25, 0.3) is 0 Å². The highest BCUT2D eigenvalue weighted by Crippen LogP contribution is 2.26. The molecule has 4 rings (SSSR count). The van der Waals surface area contributed by atoms with Crippen molar-refractivity contribution in [2.45, 2.75) is 37.9 Å². The molecule has 1 aromatic rings. The van der Waals surface area contributed by atoms with Crippen molar-refractivity contribution >= 4 is 5.91 Å². The zero-order valence-electron chi connectivity index (χ0n) is 15.7. The Morgan fingerprint density at radius 3 is 2.58 bits per heavy atom. The van der Waals surface area contributed by atoms with E-state index in [-0.39, 0.29) is 5.92 Å². The van der Waals surface area contributed by atoms with Gasteiger partial charge in [0.1, 0.15) is 0 Å². The molecule has 0 radical (unpaired) electrons. The molecule has 26 heavy (non-hydrogen) atoms. The Morgan fingerprint density at radius 2 is 1.92 bits per heavy atom. The summed E-state index contributed by atoms with van der Waals surface area (Å²) in [5, 5.41) is 0. The molecule has 3 saturated heterocycles. The van der Waals surface area contributed by atoms with Gasteiger partial charge in [0, 0.05) is 56.6 Å². The number of carbonyl (C=O) groups is 1. The molecule has 4 heterocycles. The highest BCUT2D eigenvalue weighted by atomic mass is 16.5. The smallest absolute Gasteiger partial charge is 0.225 e. The van der Waals surface area contributed by atoms with Crippen molar-refractivity contribution in [3.63, 3.8) is 0 Å². The average molecular weight is 358 g/mol. The molecular formula is C20H30N4O2. The topological polar surface area (TPSA) is 48.9 Å². The van der Waals surface area contributed by atoms with Crippen molar-refractivity contribution in [2.75, 3.05) is 46.4 Å². The van der Waals surface area contributed by atoms with Crippen LogP contribution in [0.4, 0.5) is 0 Å². The third-order valence-corrected chi connectivity index (χ3v) is 6.32. The van der Waals surface area contributed by atoms with E-state index in [4.69, 9.17) is 4.74 Å². The molecule has 0 spiro atoms. The Hall–Kier alpha value is -1.50. The van der Waals surface area contributed by atoms with Crippen LogP contribution in [0, 0.1) is 5.92 Å². The van der Waals surface area contributed by atoms with Gasteiger partial charge in [0.15, 0.2) is 0 Å². The van der Waals surface area contributed by atoms with Crippen LogP contribution in [0.3, 0.4) is 0 Å². The first-order valence-electron chi connectivity index (χ1n) is 9.90. The van der Waals surface area contributed by atoms with Gasteiger partial charge in [-0.05, 0) is 57.1 Å². The van der Waals surface area contributed by atoms with E-state index in [2.05, 4.69) is 38.9 Å². The molecule has 6 heteroatoms. The van der Waals surface area contributed by atoms with E-state index >= 15 is 0 Å². The van der Waals surface area contributed by atoms with Crippen LogP contribution in [0.15, 0.2) is 24.5 Å². The quantitative estimate of drug-likeness (QED) is 0.792. The van der Waals surface area contributed by atoms with E-state index in [0.29, 0.717) is 18.0 Å². The van der Waals surface area contributed by atoms with E-state index in [9.17, 15) is 4.79 Å². The molecule has 0 saturated carbocycles. The van der Waals surface area contributed by atoms with E-state index in [1.165, 1.54) is 5.56 Å². The molecule has 0 aliphatic carbocycles. The van der Waals surface area contributed by atoms with Crippen LogP contribution in [-0.4, -0.2) is 84.1 Å². The number of likely N-dealkylation sites (N-methyl/N-ethyl adjacent to an activating group) is 1. The number of hydrogen-bond acceptors (Lipinski definition) is 5. The van der Waals surface area contributed by atoms with Crippen LogP contribution in [0.1, 0.15) is 24.8 Å². The molecule has 3 aliphatic heterocycles. The van der Waals surface area contributed by atoms with Gasteiger partial charge in [-0.15, -0.1) is 0 Å². The highest BCUT2D eigenvalue weighted by Gasteiger charge is 2.39. The fourth-order valence-corrected chi connectivity index (χ4v) is 4.38. The molecule has 3 fully saturated rings. The Kier molecular flexibility index (Phi) is 5.52. The molecule has 1 amide bonds. The predicted octanol–water partition coefficient (Wildman–Crippen LogP) is 1.23. The number of nitrogens with zero attached hydrogens (tertiary/aromatic N) is 4. The first-order valence-corrected chi connectivity index (χ1v) is 9.90. The minimum absolute atomic E-state index is 0.213. The molecule has 0 aromatic carbocycles. The molecule has 0 unspecified atom stereocenters. The molecule has 3 aliphatic rings. The Bertz CT molecular complexity index is 591. The van der Waals surface area contributed by atoms with Crippen molar-refractivity contribution in [3.8, 4) is 0 Å². The van der Waals surface area contributed by atoms with Gasteiger partial charge in [0.05, 0.1) is 6.61 Å². The summed E-state index contributed by atoms with van der Waals surface area (Å²) >= 11 is 0. The van der Waals surface area contributed by atoms with Gasteiger partial charge in [-0.1, -0.05) is 0 Å². The maximum atomic E-state index is 12.8. The van der Waals surface area contributed by atoms with Gasteiger partial charge in [-0.2, -0.15) is 0 Å². The first-order chi connectivity index (χ1) is 12.7. The second kappa shape index (κ2) is 8.03. The number of likely N-dealkylation sites (tertiary alicyclic amines) is 2. The molecule has 6 nitrogen and oxygen atoms in total. The summed E-state index contributed by atoms with van der Waals surface area (Å²) in [6.07, 6.45) is 6.78. The zero-order chi connectivity index (χ0) is 17.9. The molecule has 1 atom stereocenters. The maximum Gasteiger partial charge on any atom is 0.225 e. The van der Waals surface area contributed by atoms with Crippen LogP contribution in [0.2, 0.25) is 0 Å². The number of pyridine rings is 1. The average Bonchev–Trinajstić information content (AvgIpc) is 3.16. The van der Waals surface area contributed by atoms with Crippen molar-refractivity contribution in [1.82, 2.24) is 19.7 Å². The van der Waals surface area contributed by atoms with E-state index in [0.717, 1.165) is 65.2 Å². The predicted molar refractivity (Wildman–Crippen MR) is 99.6 cm³/mol. The summed E-state index contributed by atoms with van der Waals surface area (Å²) in [6.45, 7) is 6.49. The van der Waals surface area contributed by atoms with Crippen molar-refractivity contribution in [3.05, 3.63) is 30.1 Å². The minimum atomic E-state index is 0.213.